The highest BCUT2D eigenvalue weighted by atomic mass is 19.4. The summed E-state index contributed by atoms with van der Waals surface area (Å²) in [4.78, 5) is 29.8. The van der Waals surface area contributed by atoms with Crippen molar-refractivity contribution in [3.63, 3.8) is 0 Å². The third-order valence-electron chi connectivity index (χ3n) is 4.99. The Labute approximate surface area is 166 Å². The van der Waals surface area contributed by atoms with Gasteiger partial charge in [0, 0.05) is 30.8 Å². The van der Waals surface area contributed by atoms with Crippen LogP contribution in [-0.4, -0.2) is 38.7 Å². The highest BCUT2D eigenvalue weighted by Gasteiger charge is 2.33. The largest absolute Gasteiger partial charge is 0.433 e. The molecule has 0 unspecified atom stereocenters. The fourth-order valence-electron chi connectivity index (χ4n) is 3.27. The Balaban J connectivity index is 1.69. The second-order valence-electron chi connectivity index (χ2n) is 8.20. The number of halogens is 3. The van der Waals surface area contributed by atoms with Crippen molar-refractivity contribution in [2.75, 3.05) is 13.1 Å². The molecule has 0 bridgehead atoms. The van der Waals surface area contributed by atoms with Crippen LogP contribution in [0.1, 0.15) is 61.4 Å². The summed E-state index contributed by atoms with van der Waals surface area (Å²) < 4.78 is 39.4. The van der Waals surface area contributed by atoms with Crippen molar-refractivity contribution in [1.29, 1.82) is 0 Å². The third-order valence-corrected chi connectivity index (χ3v) is 4.99. The first-order valence-corrected chi connectivity index (χ1v) is 9.40. The van der Waals surface area contributed by atoms with Gasteiger partial charge in [-0.05, 0) is 31.0 Å². The van der Waals surface area contributed by atoms with Gasteiger partial charge in [-0.1, -0.05) is 20.8 Å². The van der Waals surface area contributed by atoms with Crippen LogP contribution in [0.4, 0.5) is 13.2 Å². The van der Waals surface area contributed by atoms with Crippen LogP contribution in [0.15, 0.2) is 35.3 Å². The van der Waals surface area contributed by atoms with E-state index in [9.17, 15) is 22.8 Å². The van der Waals surface area contributed by atoms with E-state index in [1.807, 2.05) is 20.8 Å². The van der Waals surface area contributed by atoms with Crippen LogP contribution in [0.3, 0.4) is 0 Å². The lowest BCUT2D eigenvalue weighted by Gasteiger charge is -2.32. The van der Waals surface area contributed by atoms with E-state index in [-0.39, 0.29) is 28.5 Å². The van der Waals surface area contributed by atoms with Gasteiger partial charge < -0.3 is 4.90 Å². The molecule has 1 aliphatic heterocycles. The molecule has 0 aromatic carbocycles. The monoisotopic (exact) mass is 408 g/mol. The molecule has 0 spiro atoms. The van der Waals surface area contributed by atoms with Crippen molar-refractivity contribution in [1.82, 2.24) is 19.7 Å². The van der Waals surface area contributed by atoms with E-state index in [0.717, 1.165) is 24.0 Å². The van der Waals surface area contributed by atoms with Crippen LogP contribution in [0.25, 0.3) is 0 Å². The number of nitrogens with zero attached hydrogens (tertiary/aromatic N) is 4. The number of piperidine rings is 1. The van der Waals surface area contributed by atoms with Gasteiger partial charge in [-0.15, -0.1) is 0 Å². The molecule has 3 heterocycles. The fourth-order valence-corrected chi connectivity index (χ4v) is 3.27. The molecule has 2 aromatic heterocycles. The minimum absolute atomic E-state index is 0.112. The van der Waals surface area contributed by atoms with Crippen LogP contribution >= 0.6 is 0 Å². The van der Waals surface area contributed by atoms with Gasteiger partial charge in [0.05, 0.1) is 17.3 Å². The summed E-state index contributed by atoms with van der Waals surface area (Å²) in [7, 11) is 0. The van der Waals surface area contributed by atoms with E-state index in [1.54, 1.807) is 11.0 Å². The molecule has 1 fully saturated rings. The van der Waals surface area contributed by atoms with E-state index >= 15 is 0 Å². The van der Waals surface area contributed by atoms with E-state index in [1.165, 1.54) is 10.7 Å². The molecule has 156 valence electrons. The van der Waals surface area contributed by atoms with Gasteiger partial charge in [0.25, 0.3) is 11.5 Å². The molecular formula is C20H23F3N4O2. The van der Waals surface area contributed by atoms with E-state index < -0.39 is 11.9 Å². The molecule has 0 N–H and O–H groups in total. The average Bonchev–Trinajstić information content (AvgIpc) is 2.66. The predicted molar refractivity (Wildman–Crippen MR) is 101 cm³/mol. The Bertz CT molecular complexity index is 938. The summed E-state index contributed by atoms with van der Waals surface area (Å²) in [5.74, 6) is -0.367. The lowest BCUT2D eigenvalue weighted by molar-refractivity contribution is -0.141. The number of amides is 1. The Morgan fingerprint density at radius 2 is 1.66 bits per heavy atom. The van der Waals surface area contributed by atoms with Crippen molar-refractivity contribution >= 4 is 5.91 Å². The van der Waals surface area contributed by atoms with Crippen molar-refractivity contribution < 1.29 is 18.0 Å². The molecule has 2 aromatic rings. The first-order valence-electron chi connectivity index (χ1n) is 9.40. The molecule has 1 aliphatic rings. The highest BCUT2D eigenvalue weighted by molar-refractivity contribution is 5.94. The van der Waals surface area contributed by atoms with Gasteiger partial charge in [0.1, 0.15) is 5.69 Å². The van der Waals surface area contributed by atoms with Crippen LogP contribution < -0.4 is 5.56 Å². The molecule has 0 radical (unpaired) electrons. The van der Waals surface area contributed by atoms with Crippen molar-refractivity contribution in [3.05, 3.63) is 57.8 Å². The summed E-state index contributed by atoms with van der Waals surface area (Å²) in [6.07, 6.45) is -2.50. The van der Waals surface area contributed by atoms with Gasteiger partial charge >= 0.3 is 6.18 Å². The number of likely N-dealkylation sites (tertiary alicyclic amines) is 1. The van der Waals surface area contributed by atoms with Gasteiger partial charge in [-0.25, -0.2) is 4.68 Å². The number of carbonyl (C=O) groups excluding carboxylic acids is 1. The topological polar surface area (TPSA) is 68.1 Å². The van der Waals surface area contributed by atoms with Crippen molar-refractivity contribution in [2.45, 2.75) is 51.2 Å². The number of alkyl halides is 3. The number of pyridine rings is 1. The number of hydrogen-bond donors (Lipinski definition) is 0. The zero-order chi connectivity index (χ0) is 21.4. The smallest absolute Gasteiger partial charge is 0.338 e. The Hall–Kier alpha value is -2.71. The molecule has 3 rings (SSSR count). The first kappa shape index (κ1) is 21.0. The second kappa shape index (κ2) is 7.61. The normalized spacial score (nSPS) is 16.1. The molecule has 0 aliphatic carbocycles. The molecule has 1 saturated heterocycles. The molecule has 29 heavy (non-hydrogen) atoms. The quantitative estimate of drug-likeness (QED) is 0.764. The van der Waals surface area contributed by atoms with E-state index in [0.29, 0.717) is 25.9 Å². The summed E-state index contributed by atoms with van der Waals surface area (Å²) >= 11 is 0. The van der Waals surface area contributed by atoms with Crippen LogP contribution in [0, 0.1) is 0 Å². The Morgan fingerprint density at radius 1 is 1.03 bits per heavy atom. The number of rotatable bonds is 2. The van der Waals surface area contributed by atoms with Gasteiger partial charge in [-0.2, -0.15) is 18.3 Å². The van der Waals surface area contributed by atoms with Crippen LogP contribution in [0.2, 0.25) is 0 Å². The SMILES string of the molecule is CC(C)(C)c1ccc(=O)n(C2CCN(C(=O)c3ccc(C(F)(F)F)nc3)CC2)n1. The molecule has 9 heteroatoms. The number of aromatic nitrogens is 3. The molecule has 1 amide bonds. The minimum Gasteiger partial charge on any atom is -0.338 e. The first-order chi connectivity index (χ1) is 13.5. The number of carbonyl (C=O) groups is 1. The summed E-state index contributed by atoms with van der Waals surface area (Å²) in [6, 6.07) is 5.07. The van der Waals surface area contributed by atoms with Gasteiger partial charge in [0.15, 0.2) is 0 Å². The lowest BCUT2D eigenvalue weighted by atomic mass is 9.92. The van der Waals surface area contributed by atoms with Crippen LogP contribution in [-0.2, 0) is 11.6 Å². The maximum atomic E-state index is 12.6. The Kier molecular flexibility index (Phi) is 5.51. The standard InChI is InChI=1S/C20H23F3N4O2/c1-19(2,3)15-6-7-17(28)27(25-15)14-8-10-26(11-9-14)18(29)13-4-5-16(24-12-13)20(21,22)23/h4-7,12,14H,8-11H2,1-3H3. The number of hydrogen-bond acceptors (Lipinski definition) is 4. The van der Waals surface area contributed by atoms with Gasteiger partial charge in [-0.3, -0.25) is 14.6 Å². The minimum atomic E-state index is -4.54. The second-order valence-corrected chi connectivity index (χ2v) is 8.20. The Morgan fingerprint density at radius 3 is 2.17 bits per heavy atom. The predicted octanol–water partition coefficient (Wildman–Crippen LogP) is 3.43. The van der Waals surface area contributed by atoms with Crippen LogP contribution in [0.5, 0.6) is 0 Å². The lowest BCUT2D eigenvalue weighted by Crippen LogP contribution is -2.41. The molecule has 6 nitrogen and oxygen atoms in total. The molecular weight excluding hydrogens is 385 g/mol. The van der Waals surface area contributed by atoms with E-state index in [4.69, 9.17) is 0 Å². The van der Waals surface area contributed by atoms with Gasteiger partial charge in [0.2, 0.25) is 0 Å². The van der Waals surface area contributed by atoms with Crippen molar-refractivity contribution in [2.24, 2.45) is 0 Å². The zero-order valence-corrected chi connectivity index (χ0v) is 16.5. The zero-order valence-electron chi connectivity index (χ0n) is 16.5. The fraction of sp³-hybridized carbons (Fsp3) is 0.500. The summed E-state index contributed by atoms with van der Waals surface area (Å²) in [6.45, 7) is 6.83. The summed E-state index contributed by atoms with van der Waals surface area (Å²) in [5, 5.41) is 4.51. The maximum Gasteiger partial charge on any atom is 0.433 e. The third kappa shape index (κ3) is 4.65. The highest BCUT2D eigenvalue weighted by Crippen LogP contribution is 2.28. The maximum absolute atomic E-state index is 12.6. The van der Waals surface area contributed by atoms with E-state index in [2.05, 4.69) is 10.1 Å². The summed E-state index contributed by atoms with van der Waals surface area (Å²) in [5.41, 5.74) is -0.485. The molecule has 0 atom stereocenters. The molecule has 0 saturated carbocycles. The van der Waals surface area contributed by atoms with Crippen molar-refractivity contribution in [3.8, 4) is 0 Å². The average molecular weight is 408 g/mol.